The van der Waals surface area contributed by atoms with Gasteiger partial charge >= 0.3 is 0 Å². The molecule has 0 atom stereocenters. The van der Waals surface area contributed by atoms with Crippen LogP contribution in [0.3, 0.4) is 0 Å². The molecule has 0 aromatic heterocycles. The van der Waals surface area contributed by atoms with Crippen molar-refractivity contribution in [2.24, 2.45) is 0 Å². The van der Waals surface area contributed by atoms with Crippen molar-refractivity contribution in [1.82, 2.24) is 9.80 Å². The summed E-state index contributed by atoms with van der Waals surface area (Å²) in [5.74, 6) is 1.59. The maximum Gasteiger partial charge on any atom is 0.0233 e. The van der Waals surface area contributed by atoms with Crippen LogP contribution in [-0.2, 0) is 13.1 Å². The molecule has 202 valence electrons. The lowest BCUT2D eigenvalue weighted by molar-refractivity contribution is 0.242. The summed E-state index contributed by atoms with van der Waals surface area (Å²) in [7, 11) is 0. The van der Waals surface area contributed by atoms with Crippen molar-refractivity contribution in [3.63, 3.8) is 0 Å². The second kappa shape index (κ2) is 22.0. The molecule has 0 saturated carbocycles. The van der Waals surface area contributed by atoms with Crippen LogP contribution in [-0.4, -0.2) is 47.7 Å². The van der Waals surface area contributed by atoms with Gasteiger partial charge in [-0.2, -0.15) is 0 Å². The predicted molar refractivity (Wildman–Crippen MR) is 160 cm³/mol. The van der Waals surface area contributed by atoms with Gasteiger partial charge in [-0.25, -0.2) is 0 Å². The van der Waals surface area contributed by atoms with Crippen molar-refractivity contribution in [3.05, 3.63) is 71.8 Å². The topological polar surface area (TPSA) is 6.48 Å². The number of alkyl halides is 2. The van der Waals surface area contributed by atoms with E-state index >= 15 is 0 Å². The molecule has 4 heteroatoms. The zero-order valence-corrected chi connectivity index (χ0v) is 24.1. The van der Waals surface area contributed by atoms with E-state index in [9.17, 15) is 0 Å². The van der Waals surface area contributed by atoms with E-state index in [0.717, 1.165) is 37.7 Å². The van der Waals surface area contributed by atoms with Gasteiger partial charge in [-0.05, 0) is 75.8 Å². The number of hydrogen-bond acceptors (Lipinski definition) is 2. The van der Waals surface area contributed by atoms with E-state index < -0.39 is 0 Å². The molecule has 0 aliphatic rings. The smallest absolute Gasteiger partial charge is 0.0233 e. The van der Waals surface area contributed by atoms with E-state index in [1.165, 1.54) is 102 Å². The minimum Gasteiger partial charge on any atom is -0.299 e. The fourth-order valence-corrected chi connectivity index (χ4v) is 5.19. The zero-order valence-electron chi connectivity index (χ0n) is 22.6. The summed E-state index contributed by atoms with van der Waals surface area (Å²) in [4.78, 5) is 5.33. The number of nitrogens with zero attached hydrogens (tertiary/aromatic N) is 2. The fraction of sp³-hybridized carbons (Fsp3) is 0.625. The summed E-state index contributed by atoms with van der Waals surface area (Å²) >= 11 is 11.7. The summed E-state index contributed by atoms with van der Waals surface area (Å²) in [5.41, 5.74) is 2.86. The minimum absolute atomic E-state index is 0.796. The Bertz CT molecular complexity index is 662. The predicted octanol–water partition coefficient (Wildman–Crippen LogP) is 9.15. The Morgan fingerprint density at radius 2 is 0.694 bits per heavy atom. The molecular weight excluding hydrogens is 483 g/mol. The Balaban J connectivity index is 1.69. The third-order valence-electron chi connectivity index (χ3n) is 6.91. The van der Waals surface area contributed by atoms with Gasteiger partial charge in [0.15, 0.2) is 0 Å². The van der Waals surface area contributed by atoms with E-state index in [4.69, 9.17) is 23.2 Å². The van der Waals surface area contributed by atoms with Gasteiger partial charge in [0.25, 0.3) is 0 Å². The highest BCUT2D eigenvalue weighted by Gasteiger charge is 2.08. The first-order chi connectivity index (χ1) is 17.8. The molecule has 0 amide bonds. The van der Waals surface area contributed by atoms with Gasteiger partial charge in [0.05, 0.1) is 0 Å². The molecule has 2 rings (SSSR count). The van der Waals surface area contributed by atoms with Crippen molar-refractivity contribution >= 4 is 23.2 Å². The molecule has 2 aromatic rings. The van der Waals surface area contributed by atoms with Crippen LogP contribution >= 0.6 is 23.2 Å². The number of halogens is 2. The summed E-state index contributed by atoms with van der Waals surface area (Å²) in [6.07, 6.45) is 15.2. The summed E-state index contributed by atoms with van der Waals surface area (Å²) in [6, 6.07) is 21.9. The first-order valence-corrected chi connectivity index (χ1v) is 15.5. The van der Waals surface area contributed by atoms with Gasteiger partial charge in [-0.3, -0.25) is 9.80 Å². The molecule has 0 spiro atoms. The first-order valence-electron chi connectivity index (χ1n) is 14.5. The van der Waals surface area contributed by atoms with Crippen molar-refractivity contribution in [1.29, 1.82) is 0 Å². The van der Waals surface area contributed by atoms with Crippen LogP contribution in [0.1, 0.15) is 88.2 Å². The number of rotatable bonds is 23. The zero-order chi connectivity index (χ0) is 25.5. The second-order valence-electron chi connectivity index (χ2n) is 10.1. The lowest BCUT2D eigenvalue weighted by Crippen LogP contribution is -2.26. The Hall–Kier alpha value is -1.06. The van der Waals surface area contributed by atoms with Gasteiger partial charge in [0.2, 0.25) is 0 Å². The van der Waals surface area contributed by atoms with E-state index in [-0.39, 0.29) is 0 Å². The Kier molecular flexibility index (Phi) is 19.0. The highest BCUT2D eigenvalue weighted by Crippen LogP contribution is 2.13. The molecule has 0 radical (unpaired) electrons. The lowest BCUT2D eigenvalue weighted by atomic mass is 10.1. The third kappa shape index (κ3) is 15.9. The lowest BCUT2D eigenvalue weighted by Gasteiger charge is -2.23. The average molecular weight is 534 g/mol. The maximum absolute atomic E-state index is 5.85. The maximum atomic E-state index is 5.85. The molecule has 0 N–H and O–H groups in total. The first kappa shape index (κ1) is 31.2. The van der Waals surface area contributed by atoms with Crippen LogP contribution in [0.25, 0.3) is 0 Å². The van der Waals surface area contributed by atoms with Gasteiger partial charge < -0.3 is 0 Å². The molecule has 0 saturated heterocycles. The molecule has 2 aromatic carbocycles. The molecule has 2 nitrogen and oxygen atoms in total. The summed E-state index contributed by atoms with van der Waals surface area (Å²) in [5, 5.41) is 0. The van der Waals surface area contributed by atoms with Crippen LogP contribution in [0.5, 0.6) is 0 Å². The molecule has 0 aliphatic carbocycles. The second-order valence-corrected chi connectivity index (χ2v) is 10.9. The Morgan fingerprint density at radius 3 is 1.00 bits per heavy atom. The molecular formula is C32H50Cl2N2. The van der Waals surface area contributed by atoms with E-state index in [1.807, 2.05) is 0 Å². The molecule has 0 heterocycles. The van der Waals surface area contributed by atoms with Crippen LogP contribution in [0, 0.1) is 0 Å². The molecule has 0 bridgehead atoms. The number of hydrogen-bond donors (Lipinski definition) is 0. The Labute approximate surface area is 232 Å². The SMILES string of the molecule is ClCCCCCCN(CCCCCCN(CCCCCCCl)Cc1ccccc1)Cc1ccccc1. The molecule has 0 aliphatic heterocycles. The normalized spacial score (nSPS) is 11.6. The largest absolute Gasteiger partial charge is 0.299 e. The fourth-order valence-electron chi connectivity index (χ4n) is 4.81. The van der Waals surface area contributed by atoms with Gasteiger partial charge in [0.1, 0.15) is 0 Å². The van der Waals surface area contributed by atoms with Crippen molar-refractivity contribution < 1.29 is 0 Å². The van der Waals surface area contributed by atoms with E-state index in [1.54, 1.807) is 0 Å². The minimum atomic E-state index is 0.796. The van der Waals surface area contributed by atoms with Crippen LogP contribution in [0.4, 0.5) is 0 Å². The molecule has 0 fully saturated rings. The third-order valence-corrected chi connectivity index (χ3v) is 7.45. The summed E-state index contributed by atoms with van der Waals surface area (Å²) < 4.78 is 0. The van der Waals surface area contributed by atoms with Gasteiger partial charge in [0, 0.05) is 24.8 Å². The molecule has 0 unspecified atom stereocenters. The van der Waals surface area contributed by atoms with Crippen molar-refractivity contribution in [2.75, 3.05) is 37.9 Å². The quantitative estimate of drug-likeness (QED) is 0.104. The van der Waals surface area contributed by atoms with E-state index in [2.05, 4.69) is 70.5 Å². The molecule has 36 heavy (non-hydrogen) atoms. The number of unbranched alkanes of at least 4 members (excludes halogenated alkanes) is 9. The van der Waals surface area contributed by atoms with Gasteiger partial charge in [-0.1, -0.05) is 99.2 Å². The highest BCUT2D eigenvalue weighted by molar-refractivity contribution is 6.18. The number of benzene rings is 2. The highest BCUT2D eigenvalue weighted by atomic mass is 35.5. The van der Waals surface area contributed by atoms with Crippen LogP contribution in [0.15, 0.2) is 60.7 Å². The summed E-state index contributed by atoms with van der Waals surface area (Å²) in [6.45, 7) is 6.96. The van der Waals surface area contributed by atoms with Crippen LogP contribution in [0.2, 0.25) is 0 Å². The van der Waals surface area contributed by atoms with Crippen molar-refractivity contribution in [2.45, 2.75) is 90.1 Å². The Morgan fingerprint density at radius 1 is 0.389 bits per heavy atom. The van der Waals surface area contributed by atoms with Gasteiger partial charge in [-0.15, -0.1) is 23.2 Å². The van der Waals surface area contributed by atoms with Crippen molar-refractivity contribution in [3.8, 4) is 0 Å². The van der Waals surface area contributed by atoms with E-state index in [0.29, 0.717) is 0 Å². The monoisotopic (exact) mass is 532 g/mol. The average Bonchev–Trinajstić information content (AvgIpc) is 2.91. The van der Waals surface area contributed by atoms with Crippen LogP contribution < -0.4 is 0 Å². The standard InChI is InChI=1S/C32H50Cl2N2/c33-23-13-1-3-15-25-35(29-31-19-9-7-10-20-31)27-17-5-6-18-28-36(26-16-4-2-14-24-34)30-32-21-11-8-12-22-32/h7-12,19-22H,1-6,13-18,23-30H2.